The van der Waals surface area contributed by atoms with E-state index in [4.69, 9.17) is 11.6 Å². The van der Waals surface area contributed by atoms with Gasteiger partial charge in [0.05, 0.1) is 17.1 Å². The van der Waals surface area contributed by atoms with E-state index in [2.05, 4.69) is 21.2 Å². The Morgan fingerprint density at radius 2 is 2.05 bits per heavy atom. The molecule has 0 unspecified atom stereocenters. The highest BCUT2D eigenvalue weighted by Gasteiger charge is 2.18. The summed E-state index contributed by atoms with van der Waals surface area (Å²) in [6, 6.07) is 5.13. The molecule has 0 saturated carbocycles. The van der Waals surface area contributed by atoms with Gasteiger partial charge in [0, 0.05) is 18.1 Å². The monoisotopic (exact) mass is 360 g/mol. The molecule has 1 rings (SSSR count). The molecule has 0 atom stereocenters. The predicted molar refractivity (Wildman–Crippen MR) is 84.0 cm³/mol. The summed E-state index contributed by atoms with van der Waals surface area (Å²) in [7, 11) is 1.58. The Morgan fingerprint density at radius 1 is 1.40 bits per heavy atom. The fraction of sp³-hybridized carbons (Fsp3) is 0.429. The van der Waals surface area contributed by atoms with Crippen molar-refractivity contribution < 1.29 is 9.59 Å². The predicted octanol–water partition coefficient (Wildman–Crippen LogP) is 2.95. The van der Waals surface area contributed by atoms with Gasteiger partial charge in [-0.2, -0.15) is 0 Å². The van der Waals surface area contributed by atoms with Gasteiger partial charge in [-0.15, -0.1) is 0 Å². The first-order valence-electron chi connectivity index (χ1n) is 6.29. The van der Waals surface area contributed by atoms with Gasteiger partial charge in [-0.05, 0) is 34.0 Å². The van der Waals surface area contributed by atoms with Crippen LogP contribution in [-0.4, -0.2) is 36.9 Å². The van der Waals surface area contributed by atoms with Gasteiger partial charge in [0.15, 0.2) is 0 Å². The second-order valence-corrected chi connectivity index (χ2v) is 6.19. The molecule has 0 aliphatic rings. The van der Waals surface area contributed by atoms with Crippen LogP contribution in [0.5, 0.6) is 0 Å². The summed E-state index contributed by atoms with van der Waals surface area (Å²) in [5.74, 6) is -0.0869. The van der Waals surface area contributed by atoms with Gasteiger partial charge < -0.3 is 10.2 Å². The average Bonchev–Trinajstić information content (AvgIpc) is 2.38. The van der Waals surface area contributed by atoms with E-state index >= 15 is 0 Å². The third-order valence-electron chi connectivity index (χ3n) is 2.62. The van der Waals surface area contributed by atoms with E-state index in [9.17, 15) is 9.59 Å². The number of halogens is 2. The van der Waals surface area contributed by atoms with E-state index in [0.29, 0.717) is 27.5 Å². The van der Waals surface area contributed by atoms with Crippen LogP contribution in [0.25, 0.3) is 0 Å². The summed E-state index contributed by atoms with van der Waals surface area (Å²) in [4.78, 5) is 25.3. The number of rotatable bonds is 5. The molecule has 0 fully saturated rings. The molecule has 110 valence electrons. The maximum atomic E-state index is 12.2. The Kier molecular flexibility index (Phi) is 6.49. The molecule has 1 aromatic carbocycles. The van der Waals surface area contributed by atoms with E-state index in [0.717, 1.165) is 0 Å². The Labute approximate surface area is 132 Å². The Morgan fingerprint density at radius 3 is 2.65 bits per heavy atom. The molecule has 1 aromatic rings. The number of amides is 2. The number of nitrogens with zero attached hydrogens (tertiary/aromatic N) is 1. The van der Waals surface area contributed by atoms with Crippen LogP contribution in [0.3, 0.4) is 0 Å². The molecule has 0 aliphatic carbocycles. The van der Waals surface area contributed by atoms with Crippen molar-refractivity contribution in [1.29, 1.82) is 0 Å². The minimum atomic E-state index is -0.281. The zero-order valence-electron chi connectivity index (χ0n) is 11.7. The second kappa shape index (κ2) is 7.64. The van der Waals surface area contributed by atoms with Gasteiger partial charge in [0.2, 0.25) is 5.91 Å². The highest BCUT2D eigenvalue weighted by atomic mass is 79.9. The molecule has 0 spiro atoms. The van der Waals surface area contributed by atoms with Crippen LogP contribution in [-0.2, 0) is 4.79 Å². The maximum Gasteiger partial charge on any atom is 0.255 e. The Balaban J connectivity index is 2.67. The van der Waals surface area contributed by atoms with Gasteiger partial charge in [-0.25, -0.2) is 0 Å². The summed E-state index contributed by atoms with van der Waals surface area (Å²) in [6.07, 6.45) is 0. The highest BCUT2D eigenvalue weighted by Crippen LogP contribution is 2.26. The fourth-order valence-corrected chi connectivity index (χ4v) is 2.11. The fourth-order valence-electron chi connectivity index (χ4n) is 1.54. The van der Waals surface area contributed by atoms with E-state index in [1.165, 1.54) is 4.90 Å². The molecule has 0 heterocycles. The van der Waals surface area contributed by atoms with Gasteiger partial charge in [-0.1, -0.05) is 31.5 Å². The van der Waals surface area contributed by atoms with Crippen molar-refractivity contribution in [3.05, 3.63) is 33.3 Å². The first kappa shape index (κ1) is 17.0. The molecule has 2 amide bonds. The lowest BCUT2D eigenvalue weighted by atomic mass is 10.2. The lowest BCUT2D eigenvalue weighted by molar-refractivity contribution is -0.121. The quantitative estimate of drug-likeness (QED) is 0.876. The minimum absolute atomic E-state index is 0.00833. The van der Waals surface area contributed by atoms with Crippen LogP contribution in [0.4, 0.5) is 0 Å². The summed E-state index contributed by atoms with van der Waals surface area (Å²) in [5.41, 5.74) is 0.375. The van der Waals surface area contributed by atoms with Crippen LogP contribution in [0.15, 0.2) is 22.7 Å². The standard InChI is InChI=1S/C14H18BrClN2O2/c1-9(2)7-17-12(19)8-18(3)14(20)10-5-4-6-11(15)13(10)16/h4-6,9H,7-8H2,1-3H3,(H,17,19). The summed E-state index contributed by atoms with van der Waals surface area (Å²) in [6.45, 7) is 4.62. The maximum absolute atomic E-state index is 12.2. The van der Waals surface area contributed by atoms with Crippen molar-refractivity contribution >= 4 is 39.3 Å². The number of hydrogen-bond donors (Lipinski definition) is 1. The lowest BCUT2D eigenvalue weighted by Crippen LogP contribution is -2.39. The zero-order valence-corrected chi connectivity index (χ0v) is 14.1. The largest absolute Gasteiger partial charge is 0.354 e. The molecule has 0 bridgehead atoms. The Bertz CT molecular complexity index is 506. The van der Waals surface area contributed by atoms with Crippen molar-refractivity contribution in [3.8, 4) is 0 Å². The van der Waals surface area contributed by atoms with Crippen LogP contribution < -0.4 is 5.32 Å². The van der Waals surface area contributed by atoms with Gasteiger partial charge in [0.1, 0.15) is 0 Å². The van der Waals surface area contributed by atoms with Crippen LogP contribution in [0.1, 0.15) is 24.2 Å². The first-order chi connectivity index (χ1) is 9.32. The minimum Gasteiger partial charge on any atom is -0.354 e. The third kappa shape index (κ3) is 4.80. The topological polar surface area (TPSA) is 49.4 Å². The third-order valence-corrected chi connectivity index (χ3v) is 3.91. The van der Waals surface area contributed by atoms with Crippen LogP contribution >= 0.6 is 27.5 Å². The van der Waals surface area contributed by atoms with E-state index in [1.54, 1.807) is 25.2 Å². The Hall–Kier alpha value is -1.07. The van der Waals surface area contributed by atoms with Crippen LogP contribution in [0.2, 0.25) is 5.02 Å². The van der Waals surface area contributed by atoms with E-state index in [-0.39, 0.29) is 18.4 Å². The summed E-state index contributed by atoms with van der Waals surface area (Å²) >= 11 is 9.35. The SMILES string of the molecule is CC(C)CNC(=O)CN(C)C(=O)c1cccc(Br)c1Cl. The van der Waals surface area contributed by atoms with E-state index < -0.39 is 0 Å². The summed E-state index contributed by atoms with van der Waals surface area (Å²) in [5, 5.41) is 3.12. The van der Waals surface area contributed by atoms with Crippen molar-refractivity contribution in [2.45, 2.75) is 13.8 Å². The lowest BCUT2D eigenvalue weighted by Gasteiger charge is -2.18. The van der Waals surface area contributed by atoms with Gasteiger partial charge in [-0.3, -0.25) is 9.59 Å². The number of nitrogens with one attached hydrogen (secondary N) is 1. The molecule has 0 radical (unpaired) electrons. The van der Waals surface area contributed by atoms with Crippen LogP contribution in [0, 0.1) is 5.92 Å². The molecular formula is C14H18BrClN2O2. The number of carbonyl (C=O) groups excluding carboxylic acids is 2. The van der Waals surface area contributed by atoms with Crippen molar-refractivity contribution in [1.82, 2.24) is 10.2 Å². The van der Waals surface area contributed by atoms with E-state index in [1.807, 2.05) is 13.8 Å². The molecule has 6 heteroatoms. The smallest absolute Gasteiger partial charge is 0.255 e. The number of carbonyl (C=O) groups is 2. The number of hydrogen-bond acceptors (Lipinski definition) is 2. The molecular weight excluding hydrogens is 344 g/mol. The second-order valence-electron chi connectivity index (χ2n) is 4.96. The molecule has 20 heavy (non-hydrogen) atoms. The average molecular weight is 362 g/mol. The molecule has 0 aromatic heterocycles. The molecule has 0 aliphatic heterocycles. The van der Waals surface area contributed by atoms with Crippen molar-refractivity contribution in [2.75, 3.05) is 20.1 Å². The first-order valence-corrected chi connectivity index (χ1v) is 7.46. The number of benzene rings is 1. The molecule has 0 saturated heterocycles. The van der Waals surface area contributed by atoms with Gasteiger partial charge in [0.25, 0.3) is 5.91 Å². The summed E-state index contributed by atoms with van der Waals surface area (Å²) < 4.78 is 0.655. The van der Waals surface area contributed by atoms with Gasteiger partial charge >= 0.3 is 0 Å². The normalized spacial score (nSPS) is 10.5. The van der Waals surface area contributed by atoms with Crippen molar-refractivity contribution in [3.63, 3.8) is 0 Å². The van der Waals surface area contributed by atoms with Crippen molar-refractivity contribution in [2.24, 2.45) is 5.92 Å². The molecule has 1 N–H and O–H groups in total. The number of likely N-dealkylation sites (N-methyl/N-ethyl adjacent to an activating group) is 1. The molecule has 4 nitrogen and oxygen atoms in total. The zero-order chi connectivity index (χ0) is 15.3. The highest BCUT2D eigenvalue weighted by molar-refractivity contribution is 9.10.